The molecule has 0 bridgehead atoms. The van der Waals surface area contributed by atoms with Gasteiger partial charge in [-0.25, -0.2) is 8.42 Å². The molecular formula is C10H21N3O3S. The van der Waals surface area contributed by atoms with Crippen molar-refractivity contribution in [2.75, 3.05) is 37.7 Å². The van der Waals surface area contributed by atoms with Gasteiger partial charge in [0.2, 0.25) is 5.91 Å². The number of nitrogens with zero attached hydrogens (tertiary/aromatic N) is 1. The number of amides is 1. The lowest BCUT2D eigenvalue weighted by atomic mass is 10.2. The number of primary amides is 1. The molecule has 0 aromatic rings. The Kier molecular flexibility index (Phi) is 5.35. The van der Waals surface area contributed by atoms with E-state index in [9.17, 15) is 13.2 Å². The van der Waals surface area contributed by atoms with Crippen LogP contribution in [0.2, 0.25) is 0 Å². The van der Waals surface area contributed by atoms with Crippen molar-refractivity contribution in [2.24, 2.45) is 5.73 Å². The monoisotopic (exact) mass is 263 g/mol. The second kappa shape index (κ2) is 6.32. The predicted molar refractivity (Wildman–Crippen MR) is 66.4 cm³/mol. The van der Waals surface area contributed by atoms with Crippen molar-refractivity contribution in [1.29, 1.82) is 0 Å². The number of hydrogen-bond acceptors (Lipinski definition) is 5. The molecule has 0 radical (unpaired) electrons. The fraction of sp³-hybridized carbons (Fsp3) is 0.900. The normalized spacial score (nSPS) is 22.5. The van der Waals surface area contributed by atoms with Crippen molar-refractivity contribution in [1.82, 2.24) is 10.2 Å². The molecule has 100 valence electrons. The van der Waals surface area contributed by atoms with E-state index >= 15 is 0 Å². The Morgan fingerprint density at radius 3 is 2.76 bits per heavy atom. The summed E-state index contributed by atoms with van der Waals surface area (Å²) in [7, 11) is -3.16. The Labute approximate surface area is 102 Å². The fourth-order valence-corrected chi connectivity index (χ4v) is 3.06. The molecule has 1 fully saturated rings. The number of rotatable bonds is 6. The third kappa shape index (κ3) is 5.47. The highest BCUT2D eigenvalue weighted by Crippen LogP contribution is 2.03. The van der Waals surface area contributed by atoms with Crippen LogP contribution in [0.4, 0.5) is 0 Å². The smallest absolute Gasteiger partial charge is 0.218 e. The zero-order chi connectivity index (χ0) is 12.9. The Balaban J connectivity index is 2.35. The Morgan fingerprint density at radius 2 is 2.18 bits per heavy atom. The minimum atomic E-state index is -3.16. The van der Waals surface area contributed by atoms with Gasteiger partial charge in [0.1, 0.15) is 0 Å². The molecule has 3 N–H and O–H groups in total. The van der Waals surface area contributed by atoms with E-state index < -0.39 is 15.7 Å². The molecule has 0 aromatic heterocycles. The van der Waals surface area contributed by atoms with Crippen LogP contribution in [0.3, 0.4) is 0 Å². The third-order valence-electron chi connectivity index (χ3n) is 2.99. The first-order valence-electron chi connectivity index (χ1n) is 5.84. The van der Waals surface area contributed by atoms with Crippen LogP contribution in [-0.2, 0) is 14.6 Å². The largest absolute Gasteiger partial charge is 0.370 e. The Morgan fingerprint density at radius 1 is 1.47 bits per heavy atom. The molecule has 1 aliphatic heterocycles. The van der Waals surface area contributed by atoms with E-state index in [1.54, 1.807) is 0 Å². The van der Waals surface area contributed by atoms with Crippen LogP contribution in [0, 0.1) is 0 Å². The zero-order valence-corrected chi connectivity index (χ0v) is 11.0. The molecule has 7 heteroatoms. The second-order valence-corrected chi connectivity index (χ2v) is 6.76. The number of nitrogens with one attached hydrogen (secondary N) is 1. The summed E-state index contributed by atoms with van der Waals surface area (Å²) in [4.78, 5) is 12.7. The highest BCUT2D eigenvalue weighted by Gasteiger charge is 2.20. The average Bonchev–Trinajstić information content (AvgIpc) is 2.26. The number of carbonyl (C=O) groups excluding carboxylic acids is 1. The molecule has 1 saturated heterocycles. The lowest BCUT2D eigenvalue weighted by molar-refractivity contribution is -0.117. The van der Waals surface area contributed by atoms with E-state index in [0.717, 1.165) is 19.6 Å². The Hall–Kier alpha value is -0.660. The van der Waals surface area contributed by atoms with Gasteiger partial charge < -0.3 is 11.1 Å². The van der Waals surface area contributed by atoms with Crippen LogP contribution in [0.5, 0.6) is 0 Å². The summed E-state index contributed by atoms with van der Waals surface area (Å²) in [6.07, 6.45) is -0.0839. The molecule has 1 atom stereocenters. The summed E-state index contributed by atoms with van der Waals surface area (Å²) in [5, 5.41) is 3.25. The van der Waals surface area contributed by atoms with E-state index in [0.29, 0.717) is 12.6 Å². The number of hydrogen-bond donors (Lipinski definition) is 2. The van der Waals surface area contributed by atoms with Gasteiger partial charge in [0.25, 0.3) is 0 Å². The maximum absolute atomic E-state index is 11.6. The summed E-state index contributed by atoms with van der Waals surface area (Å²) >= 11 is 0. The van der Waals surface area contributed by atoms with Gasteiger partial charge in [-0.2, -0.15) is 0 Å². The van der Waals surface area contributed by atoms with Gasteiger partial charge in [0.15, 0.2) is 9.84 Å². The number of piperazine rings is 1. The molecule has 1 amide bonds. The molecule has 0 unspecified atom stereocenters. The van der Waals surface area contributed by atoms with Gasteiger partial charge in [-0.15, -0.1) is 0 Å². The maximum Gasteiger partial charge on any atom is 0.218 e. The Bertz CT molecular complexity index is 356. The minimum absolute atomic E-state index is 0.0839. The van der Waals surface area contributed by atoms with E-state index in [1.165, 1.54) is 0 Å². The highest BCUT2D eigenvalue weighted by atomic mass is 32.2. The third-order valence-corrected chi connectivity index (χ3v) is 4.62. The van der Waals surface area contributed by atoms with Gasteiger partial charge >= 0.3 is 0 Å². The zero-order valence-electron chi connectivity index (χ0n) is 10.2. The van der Waals surface area contributed by atoms with Gasteiger partial charge in [-0.05, 0) is 6.92 Å². The van der Waals surface area contributed by atoms with Gasteiger partial charge in [0.05, 0.1) is 11.5 Å². The summed E-state index contributed by atoms with van der Waals surface area (Å²) in [5.41, 5.74) is 4.94. The molecule has 0 aromatic carbocycles. The highest BCUT2D eigenvalue weighted by molar-refractivity contribution is 7.91. The van der Waals surface area contributed by atoms with Crippen molar-refractivity contribution in [2.45, 2.75) is 19.4 Å². The lowest BCUT2D eigenvalue weighted by Gasteiger charge is -2.33. The fourth-order valence-electron chi connectivity index (χ4n) is 1.83. The molecular weight excluding hydrogens is 242 g/mol. The van der Waals surface area contributed by atoms with Crippen molar-refractivity contribution in [3.05, 3.63) is 0 Å². The van der Waals surface area contributed by atoms with Crippen LogP contribution >= 0.6 is 0 Å². The first-order valence-corrected chi connectivity index (χ1v) is 7.66. The lowest BCUT2D eigenvalue weighted by Crippen LogP contribution is -2.51. The molecule has 0 saturated carbocycles. The van der Waals surface area contributed by atoms with Crippen molar-refractivity contribution >= 4 is 15.7 Å². The van der Waals surface area contributed by atoms with Crippen molar-refractivity contribution < 1.29 is 13.2 Å². The molecule has 1 heterocycles. The summed E-state index contributed by atoms with van der Waals surface area (Å²) in [6, 6.07) is 0.357. The van der Waals surface area contributed by atoms with Crippen molar-refractivity contribution in [3.8, 4) is 0 Å². The number of sulfone groups is 1. The number of carbonyl (C=O) groups is 1. The summed E-state index contributed by atoms with van der Waals surface area (Å²) in [5.74, 6) is -0.600. The molecule has 1 rings (SSSR count). The van der Waals surface area contributed by atoms with Gasteiger partial charge in [0, 0.05) is 38.6 Å². The topological polar surface area (TPSA) is 92.5 Å². The van der Waals surface area contributed by atoms with E-state index in [1.807, 2.05) is 0 Å². The van der Waals surface area contributed by atoms with Gasteiger partial charge in [-0.1, -0.05) is 0 Å². The van der Waals surface area contributed by atoms with Crippen LogP contribution in [-0.4, -0.2) is 63.0 Å². The summed E-state index contributed by atoms with van der Waals surface area (Å²) < 4.78 is 23.3. The van der Waals surface area contributed by atoms with Gasteiger partial charge in [-0.3, -0.25) is 9.69 Å². The molecule has 0 spiro atoms. The first kappa shape index (κ1) is 14.4. The standard InChI is InChI=1S/C10H21N3O3S/c1-9-8-12-3-4-13(9)5-7-17(15,16)6-2-10(11)14/h9,12H,2-8H2,1H3,(H2,11,14)/t9-/m0/s1. The quantitative estimate of drug-likeness (QED) is 0.613. The van der Waals surface area contributed by atoms with E-state index in [-0.39, 0.29) is 17.9 Å². The van der Waals surface area contributed by atoms with E-state index in [4.69, 9.17) is 5.73 Å². The van der Waals surface area contributed by atoms with Crippen LogP contribution in [0.25, 0.3) is 0 Å². The average molecular weight is 263 g/mol. The molecule has 1 aliphatic rings. The first-order chi connectivity index (χ1) is 7.91. The van der Waals surface area contributed by atoms with Crippen LogP contribution in [0.1, 0.15) is 13.3 Å². The SMILES string of the molecule is C[C@H]1CNCCN1CCS(=O)(=O)CCC(N)=O. The van der Waals surface area contributed by atoms with Crippen LogP contribution in [0.15, 0.2) is 0 Å². The maximum atomic E-state index is 11.6. The van der Waals surface area contributed by atoms with Crippen LogP contribution < -0.4 is 11.1 Å². The van der Waals surface area contributed by atoms with Crippen molar-refractivity contribution in [3.63, 3.8) is 0 Å². The summed E-state index contributed by atoms with van der Waals surface area (Å²) in [6.45, 7) is 5.26. The minimum Gasteiger partial charge on any atom is -0.370 e. The molecule has 0 aliphatic carbocycles. The predicted octanol–water partition coefficient (Wildman–Crippen LogP) is -1.43. The number of nitrogens with two attached hydrogens (primary N) is 1. The second-order valence-electron chi connectivity index (χ2n) is 4.46. The molecule has 17 heavy (non-hydrogen) atoms. The molecule has 6 nitrogen and oxygen atoms in total. The van der Waals surface area contributed by atoms with E-state index in [2.05, 4.69) is 17.1 Å².